The zero-order valence-corrected chi connectivity index (χ0v) is 12.8. The number of carbonyl (C=O) groups is 2. The number of amides is 3. The molecule has 1 aliphatic heterocycles. The molecule has 3 amide bonds. The Morgan fingerprint density at radius 2 is 2.30 bits per heavy atom. The standard InChI is InChI=1S/C14H21N3O2S/c1-10(7-9-17-8-3-4-13(17)18)15-14(19)16-12-6-5-11(2)20-12/h5-6,10H,3-4,7-9H2,1-2H3,(H2,15,16,19)/t10-/m0/s1. The summed E-state index contributed by atoms with van der Waals surface area (Å²) in [7, 11) is 0. The summed E-state index contributed by atoms with van der Waals surface area (Å²) in [6.45, 7) is 5.54. The third-order valence-electron chi connectivity index (χ3n) is 3.36. The van der Waals surface area contributed by atoms with Crippen LogP contribution in [-0.2, 0) is 4.79 Å². The molecule has 1 atom stereocenters. The van der Waals surface area contributed by atoms with E-state index in [-0.39, 0.29) is 18.0 Å². The molecule has 1 saturated heterocycles. The minimum Gasteiger partial charge on any atom is -0.343 e. The second-order valence-electron chi connectivity index (χ2n) is 5.18. The lowest BCUT2D eigenvalue weighted by atomic mass is 10.2. The van der Waals surface area contributed by atoms with E-state index >= 15 is 0 Å². The van der Waals surface area contributed by atoms with Crippen molar-refractivity contribution in [2.75, 3.05) is 18.4 Å². The molecule has 0 saturated carbocycles. The first kappa shape index (κ1) is 14.8. The van der Waals surface area contributed by atoms with Gasteiger partial charge in [-0.2, -0.15) is 0 Å². The highest BCUT2D eigenvalue weighted by molar-refractivity contribution is 7.16. The van der Waals surface area contributed by atoms with Gasteiger partial charge in [0.05, 0.1) is 5.00 Å². The maximum absolute atomic E-state index is 11.8. The topological polar surface area (TPSA) is 61.4 Å². The molecule has 110 valence electrons. The van der Waals surface area contributed by atoms with E-state index in [0.717, 1.165) is 30.9 Å². The molecule has 2 heterocycles. The fourth-order valence-corrected chi connectivity index (χ4v) is 3.00. The highest BCUT2D eigenvalue weighted by atomic mass is 32.1. The predicted octanol–water partition coefficient (Wildman–Crippen LogP) is 2.58. The van der Waals surface area contributed by atoms with Crippen LogP contribution in [0.4, 0.5) is 9.80 Å². The molecule has 20 heavy (non-hydrogen) atoms. The molecule has 2 N–H and O–H groups in total. The van der Waals surface area contributed by atoms with Crippen LogP contribution in [0.2, 0.25) is 0 Å². The first-order valence-corrected chi connectivity index (χ1v) is 7.78. The highest BCUT2D eigenvalue weighted by Crippen LogP contribution is 2.20. The quantitative estimate of drug-likeness (QED) is 0.877. The lowest BCUT2D eigenvalue weighted by molar-refractivity contribution is -0.127. The van der Waals surface area contributed by atoms with Crippen molar-refractivity contribution in [1.29, 1.82) is 0 Å². The summed E-state index contributed by atoms with van der Waals surface area (Å²) < 4.78 is 0. The third kappa shape index (κ3) is 4.23. The number of anilines is 1. The number of nitrogens with zero attached hydrogens (tertiary/aromatic N) is 1. The summed E-state index contributed by atoms with van der Waals surface area (Å²) in [6.07, 6.45) is 2.40. The van der Waals surface area contributed by atoms with Gasteiger partial charge < -0.3 is 10.2 Å². The molecule has 0 aliphatic carbocycles. The molecule has 2 rings (SSSR count). The third-order valence-corrected chi connectivity index (χ3v) is 4.27. The van der Waals surface area contributed by atoms with E-state index in [1.165, 1.54) is 4.88 Å². The predicted molar refractivity (Wildman–Crippen MR) is 81.1 cm³/mol. The Bertz CT molecular complexity index is 487. The summed E-state index contributed by atoms with van der Waals surface area (Å²) in [6, 6.07) is 3.73. The number of hydrogen-bond donors (Lipinski definition) is 2. The number of rotatable bonds is 5. The number of thiophene rings is 1. The average Bonchev–Trinajstić information content (AvgIpc) is 2.96. The van der Waals surface area contributed by atoms with Gasteiger partial charge in [-0.3, -0.25) is 10.1 Å². The molecule has 6 heteroatoms. The van der Waals surface area contributed by atoms with Crippen molar-refractivity contribution in [3.63, 3.8) is 0 Å². The first-order chi connectivity index (χ1) is 9.54. The number of urea groups is 1. The van der Waals surface area contributed by atoms with Gasteiger partial charge in [0, 0.05) is 30.4 Å². The minimum atomic E-state index is -0.188. The molecular formula is C14H21N3O2S. The van der Waals surface area contributed by atoms with Crippen molar-refractivity contribution in [3.8, 4) is 0 Å². The second kappa shape index (κ2) is 6.74. The Morgan fingerprint density at radius 1 is 1.50 bits per heavy atom. The molecule has 1 aliphatic rings. The van der Waals surface area contributed by atoms with Crippen LogP contribution in [0, 0.1) is 6.92 Å². The normalized spacial score (nSPS) is 16.3. The summed E-state index contributed by atoms with van der Waals surface area (Å²) >= 11 is 1.55. The van der Waals surface area contributed by atoms with Gasteiger partial charge in [-0.25, -0.2) is 4.79 Å². The van der Waals surface area contributed by atoms with Crippen molar-refractivity contribution >= 4 is 28.3 Å². The van der Waals surface area contributed by atoms with E-state index < -0.39 is 0 Å². The molecule has 0 spiro atoms. The fourth-order valence-electron chi connectivity index (χ4n) is 2.24. The van der Waals surface area contributed by atoms with E-state index in [1.54, 1.807) is 11.3 Å². The lowest BCUT2D eigenvalue weighted by Crippen LogP contribution is -2.38. The summed E-state index contributed by atoms with van der Waals surface area (Å²) in [5, 5.41) is 6.56. The van der Waals surface area contributed by atoms with Gasteiger partial charge >= 0.3 is 6.03 Å². The van der Waals surface area contributed by atoms with E-state index in [9.17, 15) is 9.59 Å². The highest BCUT2D eigenvalue weighted by Gasteiger charge is 2.20. The Morgan fingerprint density at radius 3 is 2.90 bits per heavy atom. The maximum atomic E-state index is 11.8. The zero-order chi connectivity index (χ0) is 14.5. The molecule has 0 aromatic carbocycles. The van der Waals surface area contributed by atoms with Crippen molar-refractivity contribution in [2.45, 2.75) is 39.2 Å². The number of hydrogen-bond acceptors (Lipinski definition) is 3. The van der Waals surface area contributed by atoms with Crippen LogP contribution in [0.15, 0.2) is 12.1 Å². The summed E-state index contributed by atoms with van der Waals surface area (Å²) in [5.74, 6) is 0.232. The van der Waals surface area contributed by atoms with Gasteiger partial charge in [0.1, 0.15) is 0 Å². The van der Waals surface area contributed by atoms with Crippen molar-refractivity contribution in [1.82, 2.24) is 10.2 Å². The van der Waals surface area contributed by atoms with Crippen LogP contribution in [0.1, 0.15) is 31.1 Å². The Kier molecular flexibility index (Phi) is 5.00. The van der Waals surface area contributed by atoms with Crippen molar-refractivity contribution < 1.29 is 9.59 Å². The first-order valence-electron chi connectivity index (χ1n) is 6.96. The Balaban J connectivity index is 1.69. The summed E-state index contributed by atoms with van der Waals surface area (Å²) in [4.78, 5) is 26.3. The number of carbonyl (C=O) groups excluding carboxylic acids is 2. The van der Waals surface area contributed by atoms with E-state index in [4.69, 9.17) is 0 Å². The zero-order valence-electron chi connectivity index (χ0n) is 11.9. The van der Waals surface area contributed by atoms with E-state index in [0.29, 0.717) is 6.42 Å². The minimum absolute atomic E-state index is 0.0458. The van der Waals surface area contributed by atoms with Crippen LogP contribution in [0.5, 0.6) is 0 Å². The maximum Gasteiger partial charge on any atom is 0.320 e. The molecule has 1 fully saturated rings. The Labute approximate surface area is 123 Å². The number of aryl methyl sites for hydroxylation is 1. The summed E-state index contributed by atoms with van der Waals surface area (Å²) in [5.41, 5.74) is 0. The average molecular weight is 295 g/mol. The van der Waals surface area contributed by atoms with E-state index in [1.807, 2.05) is 30.9 Å². The second-order valence-corrected chi connectivity index (χ2v) is 6.47. The van der Waals surface area contributed by atoms with Gasteiger partial charge in [-0.15, -0.1) is 11.3 Å². The molecular weight excluding hydrogens is 274 g/mol. The molecule has 5 nitrogen and oxygen atoms in total. The number of likely N-dealkylation sites (tertiary alicyclic amines) is 1. The molecule has 0 bridgehead atoms. The monoisotopic (exact) mass is 295 g/mol. The van der Waals surface area contributed by atoms with Crippen LogP contribution in [0.3, 0.4) is 0 Å². The molecule has 0 radical (unpaired) electrons. The fraction of sp³-hybridized carbons (Fsp3) is 0.571. The molecule has 0 unspecified atom stereocenters. The van der Waals surface area contributed by atoms with Gasteiger partial charge in [0.25, 0.3) is 0 Å². The number of nitrogens with one attached hydrogen (secondary N) is 2. The van der Waals surface area contributed by atoms with Gasteiger partial charge in [-0.05, 0) is 38.8 Å². The van der Waals surface area contributed by atoms with Gasteiger partial charge in [0.15, 0.2) is 0 Å². The van der Waals surface area contributed by atoms with Crippen LogP contribution >= 0.6 is 11.3 Å². The van der Waals surface area contributed by atoms with Crippen LogP contribution in [-0.4, -0.2) is 36.0 Å². The lowest BCUT2D eigenvalue weighted by Gasteiger charge is -2.19. The molecule has 1 aromatic heterocycles. The van der Waals surface area contributed by atoms with Crippen molar-refractivity contribution in [3.05, 3.63) is 17.0 Å². The largest absolute Gasteiger partial charge is 0.343 e. The van der Waals surface area contributed by atoms with Crippen LogP contribution in [0.25, 0.3) is 0 Å². The van der Waals surface area contributed by atoms with Gasteiger partial charge in [-0.1, -0.05) is 0 Å². The van der Waals surface area contributed by atoms with Crippen molar-refractivity contribution in [2.24, 2.45) is 0 Å². The SMILES string of the molecule is Cc1ccc(NC(=O)N[C@@H](C)CCN2CCCC2=O)s1. The smallest absolute Gasteiger partial charge is 0.320 e. The van der Waals surface area contributed by atoms with Crippen LogP contribution < -0.4 is 10.6 Å². The molecule has 1 aromatic rings. The van der Waals surface area contributed by atoms with Gasteiger partial charge in [0.2, 0.25) is 5.91 Å². The van der Waals surface area contributed by atoms with E-state index in [2.05, 4.69) is 10.6 Å². The Hall–Kier alpha value is -1.56.